The lowest BCUT2D eigenvalue weighted by atomic mass is 10.1. The van der Waals surface area contributed by atoms with E-state index in [9.17, 15) is 4.79 Å². The van der Waals surface area contributed by atoms with Crippen LogP contribution in [0.15, 0.2) is 42.5 Å². The monoisotopic (exact) mass is 391 g/mol. The van der Waals surface area contributed by atoms with Crippen LogP contribution in [0.1, 0.15) is 24.0 Å². The molecule has 3 aliphatic rings. The Morgan fingerprint density at radius 1 is 0.828 bits per heavy atom. The smallest absolute Gasteiger partial charge is 0.231 e. The third kappa shape index (κ3) is 3.84. The van der Waals surface area contributed by atoms with E-state index in [0.717, 1.165) is 63.6 Å². The molecular formula is C24H29N3O2. The van der Waals surface area contributed by atoms with Gasteiger partial charge in [-0.3, -0.25) is 4.79 Å². The number of hydrogen-bond acceptors (Lipinski definition) is 4. The lowest BCUT2D eigenvalue weighted by Crippen LogP contribution is -2.36. The third-order valence-electron chi connectivity index (χ3n) is 6.40. The van der Waals surface area contributed by atoms with Crippen molar-refractivity contribution < 1.29 is 9.53 Å². The number of ether oxygens (including phenoxy) is 1. The van der Waals surface area contributed by atoms with Crippen LogP contribution < -0.4 is 14.7 Å². The number of morpholine rings is 1. The first-order valence-electron chi connectivity index (χ1n) is 10.9. The molecular weight excluding hydrogens is 362 g/mol. The van der Waals surface area contributed by atoms with Crippen molar-refractivity contribution in [3.63, 3.8) is 0 Å². The molecule has 0 bridgehead atoms. The standard InChI is InChI=1S/C24H29N3O2/c28-24(17-19-3-6-21(7-4-19)26-13-15-29-16-14-26)27-12-9-20-5-8-22(18-23(20)27)25-10-1-2-11-25/h3-8,18H,1-2,9-17H2. The van der Waals surface area contributed by atoms with E-state index in [1.165, 1.54) is 29.8 Å². The maximum absolute atomic E-state index is 13.1. The molecule has 152 valence electrons. The Morgan fingerprint density at radius 2 is 1.52 bits per heavy atom. The van der Waals surface area contributed by atoms with E-state index in [0.29, 0.717) is 6.42 Å². The fourth-order valence-corrected chi connectivity index (χ4v) is 4.71. The number of carbonyl (C=O) groups is 1. The highest BCUT2D eigenvalue weighted by atomic mass is 16.5. The summed E-state index contributed by atoms with van der Waals surface area (Å²) < 4.78 is 5.43. The van der Waals surface area contributed by atoms with Gasteiger partial charge in [-0.05, 0) is 54.7 Å². The molecule has 2 fully saturated rings. The molecule has 2 saturated heterocycles. The SMILES string of the molecule is O=C(Cc1ccc(N2CCOCC2)cc1)N1CCc2ccc(N3CCCC3)cc21. The van der Waals surface area contributed by atoms with Gasteiger partial charge >= 0.3 is 0 Å². The number of hydrogen-bond donors (Lipinski definition) is 0. The Morgan fingerprint density at radius 3 is 2.28 bits per heavy atom. The molecule has 0 aliphatic carbocycles. The van der Waals surface area contributed by atoms with E-state index < -0.39 is 0 Å². The van der Waals surface area contributed by atoms with E-state index in [-0.39, 0.29) is 5.91 Å². The lowest BCUT2D eigenvalue weighted by Gasteiger charge is -2.29. The highest BCUT2D eigenvalue weighted by Gasteiger charge is 2.26. The van der Waals surface area contributed by atoms with Crippen LogP contribution in [-0.4, -0.2) is 51.8 Å². The molecule has 3 heterocycles. The van der Waals surface area contributed by atoms with Crippen molar-refractivity contribution in [3.8, 4) is 0 Å². The largest absolute Gasteiger partial charge is 0.378 e. The summed E-state index contributed by atoms with van der Waals surface area (Å²) in [6.45, 7) is 6.49. The number of nitrogens with zero attached hydrogens (tertiary/aromatic N) is 3. The second-order valence-electron chi connectivity index (χ2n) is 8.25. The highest BCUT2D eigenvalue weighted by molar-refractivity contribution is 5.97. The summed E-state index contributed by atoms with van der Waals surface area (Å²) in [5, 5.41) is 0. The van der Waals surface area contributed by atoms with Gasteiger partial charge in [-0.25, -0.2) is 0 Å². The molecule has 0 radical (unpaired) electrons. The van der Waals surface area contributed by atoms with Gasteiger partial charge < -0.3 is 19.4 Å². The summed E-state index contributed by atoms with van der Waals surface area (Å²) in [5.41, 5.74) is 5.96. The van der Waals surface area contributed by atoms with Gasteiger partial charge in [-0.15, -0.1) is 0 Å². The molecule has 1 amide bonds. The van der Waals surface area contributed by atoms with Crippen molar-refractivity contribution in [2.24, 2.45) is 0 Å². The normalized spacial score (nSPS) is 19.0. The summed E-state index contributed by atoms with van der Waals surface area (Å²) in [6.07, 6.45) is 3.94. The summed E-state index contributed by atoms with van der Waals surface area (Å²) in [5.74, 6) is 0.196. The van der Waals surface area contributed by atoms with Gasteiger partial charge in [0.2, 0.25) is 5.91 Å². The van der Waals surface area contributed by atoms with Crippen LogP contribution in [0, 0.1) is 0 Å². The van der Waals surface area contributed by atoms with Crippen molar-refractivity contribution >= 4 is 23.0 Å². The Labute approximate surface area is 172 Å². The fourth-order valence-electron chi connectivity index (χ4n) is 4.71. The van der Waals surface area contributed by atoms with Gasteiger partial charge in [0.25, 0.3) is 0 Å². The van der Waals surface area contributed by atoms with Gasteiger partial charge in [-0.1, -0.05) is 18.2 Å². The van der Waals surface area contributed by atoms with Crippen molar-refractivity contribution in [3.05, 3.63) is 53.6 Å². The number of benzene rings is 2. The molecule has 5 nitrogen and oxygen atoms in total. The van der Waals surface area contributed by atoms with Gasteiger partial charge in [-0.2, -0.15) is 0 Å². The van der Waals surface area contributed by atoms with Crippen molar-refractivity contribution in [2.75, 3.05) is 60.6 Å². The zero-order chi connectivity index (χ0) is 19.6. The second kappa shape index (κ2) is 8.07. The van der Waals surface area contributed by atoms with E-state index >= 15 is 0 Å². The molecule has 0 aromatic heterocycles. The maximum Gasteiger partial charge on any atom is 0.231 e. The van der Waals surface area contributed by atoms with Gasteiger partial charge in [0.1, 0.15) is 0 Å². The summed E-state index contributed by atoms with van der Waals surface area (Å²) in [7, 11) is 0. The highest BCUT2D eigenvalue weighted by Crippen LogP contribution is 2.33. The van der Waals surface area contributed by atoms with E-state index in [1.807, 2.05) is 4.90 Å². The molecule has 0 atom stereocenters. The van der Waals surface area contributed by atoms with E-state index in [2.05, 4.69) is 52.3 Å². The fraction of sp³-hybridized carbons (Fsp3) is 0.458. The zero-order valence-electron chi connectivity index (χ0n) is 17.0. The number of amides is 1. The minimum absolute atomic E-state index is 0.196. The molecule has 2 aromatic rings. The summed E-state index contributed by atoms with van der Waals surface area (Å²) in [6, 6.07) is 15.1. The number of anilines is 3. The Bertz CT molecular complexity index is 868. The summed E-state index contributed by atoms with van der Waals surface area (Å²) in [4.78, 5) is 19.8. The molecule has 0 unspecified atom stereocenters. The number of fused-ring (bicyclic) bond motifs is 1. The van der Waals surface area contributed by atoms with Crippen LogP contribution in [0.4, 0.5) is 17.1 Å². The minimum Gasteiger partial charge on any atom is -0.378 e. The van der Waals surface area contributed by atoms with Crippen LogP contribution in [0.3, 0.4) is 0 Å². The van der Waals surface area contributed by atoms with Crippen LogP contribution in [0.2, 0.25) is 0 Å². The lowest BCUT2D eigenvalue weighted by molar-refractivity contribution is -0.117. The molecule has 5 heteroatoms. The molecule has 0 spiro atoms. The second-order valence-corrected chi connectivity index (χ2v) is 8.25. The zero-order valence-corrected chi connectivity index (χ0v) is 17.0. The predicted molar refractivity (Wildman–Crippen MR) is 117 cm³/mol. The first kappa shape index (κ1) is 18.5. The van der Waals surface area contributed by atoms with Crippen LogP contribution in [0.5, 0.6) is 0 Å². The Kier molecular flexibility index (Phi) is 5.15. The Balaban J connectivity index is 1.28. The Hall–Kier alpha value is -2.53. The van der Waals surface area contributed by atoms with Gasteiger partial charge in [0.05, 0.1) is 19.6 Å². The molecule has 2 aromatic carbocycles. The first-order valence-corrected chi connectivity index (χ1v) is 10.9. The van der Waals surface area contributed by atoms with Crippen molar-refractivity contribution in [1.29, 1.82) is 0 Å². The molecule has 0 saturated carbocycles. The quantitative estimate of drug-likeness (QED) is 0.802. The first-order chi connectivity index (χ1) is 14.3. The third-order valence-corrected chi connectivity index (χ3v) is 6.40. The minimum atomic E-state index is 0.196. The van der Waals surface area contributed by atoms with E-state index in [1.54, 1.807) is 0 Å². The summed E-state index contributed by atoms with van der Waals surface area (Å²) >= 11 is 0. The van der Waals surface area contributed by atoms with Gasteiger partial charge in [0, 0.05) is 49.8 Å². The predicted octanol–water partition coefficient (Wildman–Crippen LogP) is 3.26. The average molecular weight is 392 g/mol. The number of carbonyl (C=O) groups excluding carboxylic acids is 1. The number of rotatable bonds is 4. The van der Waals surface area contributed by atoms with Crippen molar-refractivity contribution in [2.45, 2.75) is 25.7 Å². The van der Waals surface area contributed by atoms with E-state index in [4.69, 9.17) is 4.74 Å². The maximum atomic E-state index is 13.1. The van der Waals surface area contributed by atoms with Gasteiger partial charge in [0.15, 0.2) is 0 Å². The topological polar surface area (TPSA) is 36.0 Å². The average Bonchev–Trinajstić information content (AvgIpc) is 3.44. The molecule has 0 N–H and O–H groups in total. The molecule has 29 heavy (non-hydrogen) atoms. The molecule has 3 aliphatic heterocycles. The van der Waals surface area contributed by atoms with Crippen LogP contribution in [-0.2, 0) is 22.4 Å². The van der Waals surface area contributed by atoms with Crippen LogP contribution in [0.25, 0.3) is 0 Å². The molecule has 5 rings (SSSR count). The van der Waals surface area contributed by atoms with Crippen molar-refractivity contribution in [1.82, 2.24) is 0 Å². The van der Waals surface area contributed by atoms with Crippen LogP contribution >= 0.6 is 0 Å².